The zero-order chi connectivity index (χ0) is 22.9. The SMILES string of the molecule is COC(=O)[C@@H]1[C@@H]2C(CN1C(=O)[C@@H](NC(=O)OC(C)(C)C)C(C)(C)C)[C@H]1C[C@@H]2C2(CC2)C1. The largest absolute Gasteiger partial charge is 0.467 e. The normalized spacial score (nSPS) is 33.8. The Kier molecular flexibility index (Phi) is 5.14. The van der Waals surface area contributed by atoms with Crippen LogP contribution in [0.5, 0.6) is 0 Å². The van der Waals surface area contributed by atoms with E-state index in [1.807, 2.05) is 20.8 Å². The van der Waals surface area contributed by atoms with Crippen molar-refractivity contribution in [1.29, 1.82) is 0 Å². The Morgan fingerprint density at radius 2 is 1.74 bits per heavy atom. The van der Waals surface area contributed by atoms with E-state index in [-0.39, 0.29) is 17.8 Å². The molecule has 1 spiro atoms. The minimum absolute atomic E-state index is 0.180. The van der Waals surface area contributed by atoms with Gasteiger partial charge in [-0.05, 0) is 81.0 Å². The van der Waals surface area contributed by atoms with Crippen molar-refractivity contribution in [3.05, 3.63) is 0 Å². The zero-order valence-corrected chi connectivity index (χ0v) is 20.0. The Bertz CT molecular complexity index is 776. The van der Waals surface area contributed by atoms with E-state index in [4.69, 9.17) is 9.47 Å². The summed E-state index contributed by atoms with van der Waals surface area (Å²) in [6.45, 7) is 11.7. The van der Waals surface area contributed by atoms with Crippen LogP contribution in [-0.4, -0.2) is 54.2 Å². The first-order chi connectivity index (χ1) is 14.3. The van der Waals surface area contributed by atoms with Crippen molar-refractivity contribution in [3.63, 3.8) is 0 Å². The average molecular weight is 435 g/mol. The number of amides is 2. The van der Waals surface area contributed by atoms with Crippen molar-refractivity contribution in [2.45, 2.75) is 84.9 Å². The molecule has 7 heteroatoms. The van der Waals surface area contributed by atoms with Crippen LogP contribution in [0, 0.1) is 34.5 Å². The highest BCUT2D eigenvalue weighted by Gasteiger charge is 2.70. The first-order valence-electron chi connectivity index (χ1n) is 11.7. The molecule has 0 radical (unpaired) electrons. The summed E-state index contributed by atoms with van der Waals surface area (Å²) in [7, 11) is 1.40. The monoisotopic (exact) mass is 434 g/mol. The van der Waals surface area contributed by atoms with Gasteiger partial charge in [0.25, 0.3) is 0 Å². The lowest BCUT2D eigenvalue weighted by molar-refractivity contribution is -0.154. The quantitative estimate of drug-likeness (QED) is 0.689. The lowest BCUT2D eigenvalue weighted by Gasteiger charge is -2.37. The van der Waals surface area contributed by atoms with Crippen molar-refractivity contribution in [2.75, 3.05) is 13.7 Å². The maximum atomic E-state index is 13.8. The Labute approximate surface area is 185 Å². The molecular formula is C24H38N2O5. The molecule has 174 valence electrons. The summed E-state index contributed by atoms with van der Waals surface area (Å²) < 4.78 is 10.6. The van der Waals surface area contributed by atoms with E-state index in [1.165, 1.54) is 32.8 Å². The molecule has 1 unspecified atom stereocenters. The lowest BCUT2D eigenvalue weighted by atomic mass is 9.71. The summed E-state index contributed by atoms with van der Waals surface area (Å²) in [6, 6.07) is -1.35. The first-order valence-corrected chi connectivity index (χ1v) is 11.7. The standard InChI is InChI=1S/C24H38N2O5/c1-22(2,3)18(25-21(29)31-23(4,5)6)19(27)26-12-14-13-10-15(24(11-13)8-9-24)16(14)17(26)20(28)30-7/h13-18H,8-12H2,1-7H3,(H,25,29)/t13-,14?,15-,16+,17-,18+/m0/s1. The maximum absolute atomic E-state index is 13.8. The van der Waals surface area contributed by atoms with E-state index in [2.05, 4.69) is 5.32 Å². The molecular weight excluding hydrogens is 396 g/mol. The van der Waals surface area contributed by atoms with Crippen LogP contribution in [-0.2, 0) is 19.1 Å². The molecule has 4 rings (SSSR count). The highest BCUT2D eigenvalue weighted by atomic mass is 16.6. The number of nitrogens with zero attached hydrogens (tertiary/aromatic N) is 1. The number of carbonyl (C=O) groups excluding carboxylic acids is 3. The number of rotatable bonds is 3. The lowest BCUT2D eigenvalue weighted by Crippen LogP contribution is -2.58. The van der Waals surface area contributed by atoms with Crippen molar-refractivity contribution in [1.82, 2.24) is 10.2 Å². The molecule has 7 nitrogen and oxygen atoms in total. The molecule has 3 saturated carbocycles. The average Bonchev–Trinajstić information content (AvgIpc) is 2.98. The van der Waals surface area contributed by atoms with E-state index in [1.54, 1.807) is 25.7 Å². The van der Waals surface area contributed by atoms with Crippen LogP contribution in [0.3, 0.4) is 0 Å². The summed E-state index contributed by atoms with van der Waals surface area (Å²) in [5.74, 6) is 1.10. The fraction of sp³-hybridized carbons (Fsp3) is 0.875. The number of likely N-dealkylation sites (tertiary alicyclic amines) is 1. The van der Waals surface area contributed by atoms with Gasteiger partial charge in [0.15, 0.2) is 0 Å². The van der Waals surface area contributed by atoms with E-state index in [9.17, 15) is 14.4 Å². The molecule has 0 aromatic heterocycles. The van der Waals surface area contributed by atoms with Crippen LogP contribution in [0.15, 0.2) is 0 Å². The number of nitrogens with one attached hydrogen (secondary N) is 1. The molecule has 4 aliphatic rings. The number of methoxy groups -OCH3 is 1. The second kappa shape index (κ2) is 7.11. The topological polar surface area (TPSA) is 84.9 Å². The van der Waals surface area contributed by atoms with Gasteiger partial charge in [-0.15, -0.1) is 0 Å². The molecule has 2 bridgehead atoms. The van der Waals surface area contributed by atoms with Gasteiger partial charge in [0, 0.05) is 6.54 Å². The Hall–Kier alpha value is -1.79. The van der Waals surface area contributed by atoms with Gasteiger partial charge in [0.2, 0.25) is 5.91 Å². The van der Waals surface area contributed by atoms with Crippen LogP contribution >= 0.6 is 0 Å². The summed E-state index contributed by atoms with van der Waals surface area (Å²) >= 11 is 0. The van der Waals surface area contributed by atoms with E-state index < -0.39 is 29.2 Å². The minimum Gasteiger partial charge on any atom is -0.467 e. The fourth-order valence-electron chi connectivity index (χ4n) is 6.72. The summed E-state index contributed by atoms with van der Waals surface area (Å²) in [6.07, 6.45) is 4.32. The fourth-order valence-corrected chi connectivity index (χ4v) is 6.72. The minimum atomic E-state index is -0.791. The summed E-state index contributed by atoms with van der Waals surface area (Å²) in [5.41, 5.74) is -0.787. The van der Waals surface area contributed by atoms with Gasteiger partial charge >= 0.3 is 12.1 Å². The van der Waals surface area contributed by atoms with Crippen molar-refractivity contribution < 1.29 is 23.9 Å². The molecule has 1 aliphatic heterocycles. The second-order valence-electron chi connectivity index (χ2n) is 12.3. The highest BCUT2D eigenvalue weighted by molar-refractivity contribution is 5.91. The third-order valence-corrected chi connectivity index (χ3v) is 8.08. The number of esters is 1. The van der Waals surface area contributed by atoms with Crippen LogP contribution in [0.2, 0.25) is 0 Å². The van der Waals surface area contributed by atoms with Crippen LogP contribution < -0.4 is 5.32 Å². The molecule has 4 fully saturated rings. The highest BCUT2D eigenvalue weighted by Crippen LogP contribution is 2.73. The second-order valence-corrected chi connectivity index (χ2v) is 12.3. The van der Waals surface area contributed by atoms with Crippen LogP contribution in [0.1, 0.15) is 67.2 Å². The van der Waals surface area contributed by atoms with Crippen LogP contribution in [0.4, 0.5) is 4.79 Å². The van der Waals surface area contributed by atoms with E-state index >= 15 is 0 Å². The summed E-state index contributed by atoms with van der Waals surface area (Å²) in [4.78, 5) is 41.0. The molecule has 31 heavy (non-hydrogen) atoms. The predicted molar refractivity (Wildman–Crippen MR) is 115 cm³/mol. The molecule has 1 saturated heterocycles. The zero-order valence-electron chi connectivity index (χ0n) is 20.0. The van der Waals surface area contributed by atoms with Gasteiger partial charge in [-0.2, -0.15) is 0 Å². The molecule has 1 N–H and O–H groups in total. The maximum Gasteiger partial charge on any atom is 0.408 e. The Balaban J connectivity index is 1.59. The number of hydrogen-bond acceptors (Lipinski definition) is 5. The third kappa shape index (κ3) is 3.82. The Morgan fingerprint density at radius 3 is 2.26 bits per heavy atom. The molecule has 0 aromatic rings. The van der Waals surface area contributed by atoms with Crippen molar-refractivity contribution in [3.8, 4) is 0 Å². The van der Waals surface area contributed by atoms with Gasteiger partial charge in [0.05, 0.1) is 7.11 Å². The molecule has 2 amide bonds. The van der Waals surface area contributed by atoms with Crippen molar-refractivity contribution in [2.24, 2.45) is 34.5 Å². The first kappa shape index (κ1) is 22.4. The van der Waals surface area contributed by atoms with Crippen LogP contribution in [0.25, 0.3) is 0 Å². The van der Waals surface area contributed by atoms with Gasteiger partial charge in [0.1, 0.15) is 17.7 Å². The number of hydrogen-bond donors (Lipinski definition) is 1. The molecule has 6 atom stereocenters. The van der Waals surface area contributed by atoms with Gasteiger partial charge in [-0.3, -0.25) is 4.79 Å². The Morgan fingerprint density at radius 1 is 1.10 bits per heavy atom. The van der Waals surface area contributed by atoms with Gasteiger partial charge < -0.3 is 19.7 Å². The van der Waals surface area contributed by atoms with Crippen molar-refractivity contribution >= 4 is 18.0 Å². The molecule has 1 heterocycles. The smallest absolute Gasteiger partial charge is 0.408 e. The number of fused-ring (bicyclic) bond motifs is 6. The van der Waals surface area contributed by atoms with Gasteiger partial charge in [-0.25, -0.2) is 9.59 Å². The van der Waals surface area contributed by atoms with E-state index in [0.717, 1.165) is 0 Å². The summed E-state index contributed by atoms with van der Waals surface area (Å²) in [5, 5.41) is 2.80. The molecule has 0 aromatic carbocycles. The number of ether oxygens (including phenoxy) is 2. The number of carbonyl (C=O) groups is 3. The third-order valence-electron chi connectivity index (χ3n) is 8.08. The van der Waals surface area contributed by atoms with E-state index in [0.29, 0.717) is 29.7 Å². The molecule has 3 aliphatic carbocycles. The predicted octanol–water partition coefficient (Wildman–Crippen LogP) is 3.36. The number of alkyl carbamates (subject to hydrolysis) is 1. The van der Waals surface area contributed by atoms with Gasteiger partial charge in [-0.1, -0.05) is 20.8 Å².